The summed E-state index contributed by atoms with van der Waals surface area (Å²) in [7, 11) is 0. The van der Waals surface area contributed by atoms with Crippen LogP contribution in [0.25, 0.3) is 0 Å². The van der Waals surface area contributed by atoms with Crippen molar-refractivity contribution in [2.24, 2.45) is 5.41 Å². The van der Waals surface area contributed by atoms with Gasteiger partial charge in [0.25, 0.3) is 5.91 Å². The summed E-state index contributed by atoms with van der Waals surface area (Å²) < 4.78 is 26.1. The van der Waals surface area contributed by atoms with Gasteiger partial charge in [0.2, 0.25) is 0 Å². The summed E-state index contributed by atoms with van der Waals surface area (Å²) in [6, 6.07) is 1.75. The minimum Gasteiger partial charge on any atom is -0.398 e. The molecule has 3 N–H and O–H groups in total. The zero-order valence-electron chi connectivity index (χ0n) is 11.1. The fraction of sp³-hybridized carbons (Fsp3) is 0.500. The third kappa shape index (κ3) is 3.03. The number of hydrogen-bond acceptors (Lipinski definition) is 2. The Bertz CT molecular complexity index is 514. The van der Waals surface area contributed by atoms with Gasteiger partial charge in [-0.3, -0.25) is 4.79 Å². The lowest BCUT2D eigenvalue weighted by Crippen LogP contribution is -2.34. The van der Waals surface area contributed by atoms with Crippen molar-refractivity contribution in [2.75, 3.05) is 5.73 Å². The summed E-state index contributed by atoms with van der Waals surface area (Å²) in [6.07, 6.45) is 2.80. The van der Waals surface area contributed by atoms with Crippen LogP contribution in [-0.4, -0.2) is 11.9 Å². The molecule has 5 heteroatoms. The highest BCUT2D eigenvalue weighted by Crippen LogP contribution is 2.37. The first kappa shape index (κ1) is 13.8. The fourth-order valence-electron chi connectivity index (χ4n) is 2.58. The molecule has 1 aliphatic carbocycles. The number of halogens is 2. The van der Waals surface area contributed by atoms with Crippen LogP contribution in [0.15, 0.2) is 12.1 Å². The van der Waals surface area contributed by atoms with Gasteiger partial charge in [-0.2, -0.15) is 0 Å². The van der Waals surface area contributed by atoms with E-state index in [0.29, 0.717) is 0 Å². The first-order valence-electron chi connectivity index (χ1n) is 6.34. The van der Waals surface area contributed by atoms with Crippen LogP contribution in [0.1, 0.15) is 43.5 Å². The molecule has 0 aliphatic heterocycles. The van der Waals surface area contributed by atoms with Gasteiger partial charge in [-0.25, -0.2) is 8.78 Å². The monoisotopic (exact) mass is 268 g/mol. The zero-order valence-corrected chi connectivity index (χ0v) is 11.1. The highest BCUT2D eigenvalue weighted by atomic mass is 19.2. The molecule has 0 spiro atoms. The third-order valence-corrected chi connectivity index (χ3v) is 3.64. The maximum absolute atomic E-state index is 13.1. The first-order valence-corrected chi connectivity index (χ1v) is 6.34. The van der Waals surface area contributed by atoms with E-state index in [-0.39, 0.29) is 22.7 Å². The van der Waals surface area contributed by atoms with Crippen molar-refractivity contribution in [2.45, 2.75) is 39.2 Å². The van der Waals surface area contributed by atoms with E-state index in [0.717, 1.165) is 31.4 Å². The van der Waals surface area contributed by atoms with Crippen molar-refractivity contribution < 1.29 is 13.6 Å². The van der Waals surface area contributed by atoms with Crippen LogP contribution >= 0.6 is 0 Å². The second kappa shape index (κ2) is 4.79. The zero-order chi connectivity index (χ0) is 14.2. The number of hydrogen-bond donors (Lipinski definition) is 2. The van der Waals surface area contributed by atoms with Gasteiger partial charge in [0.1, 0.15) is 0 Å². The number of carbonyl (C=O) groups is 1. The molecule has 1 fully saturated rings. The lowest BCUT2D eigenvalue weighted by molar-refractivity contribution is 0.0936. The third-order valence-electron chi connectivity index (χ3n) is 3.64. The van der Waals surface area contributed by atoms with Crippen LogP contribution in [0.4, 0.5) is 14.5 Å². The van der Waals surface area contributed by atoms with E-state index in [2.05, 4.69) is 19.2 Å². The molecule has 0 heterocycles. The van der Waals surface area contributed by atoms with Crippen LogP contribution in [0.3, 0.4) is 0 Å². The second-order valence-electron chi connectivity index (χ2n) is 5.93. The van der Waals surface area contributed by atoms with E-state index < -0.39 is 17.5 Å². The van der Waals surface area contributed by atoms with E-state index in [1.165, 1.54) is 0 Å². The van der Waals surface area contributed by atoms with Crippen LogP contribution in [-0.2, 0) is 0 Å². The molecule has 1 aromatic carbocycles. The molecular formula is C14H18F2N2O. The summed E-state index contributed by atoms with van der Waals surface area (Å²) in [5, 5.41) is 2.83. The van der Waals surface area contributed by atoms with Crippen molar-refractivity contribution in [3.63, 3.8) is 0 Å². The van der Waals surface area contributed by atoms with Crippen molar-refractivity contribution in [1.29, 1.82) is 0 Å². The highest BCUT2D eigenvalue weighted by Gasteiger charge is 2.32. The van der Waals surface area contributed by atoms with Gasteiger partial charge in [-0.15, -0.1) is 0 Å². The van der Waals surface area contributed by atoms with Gasteiger partial charge in [0.15, 0.2) is 11.6 Å². The van der Waals surface area contributed by atoms with Crippen LogP contribution in [0.5, 0.6) is 0 Å². The topological polar surface area (TPSA) is 55.1 Å². The van der Waals surface area contributed by atoms with E-state index >= 15 is 0 Å². The summed E-state index contributed by atoms with van der Waals surface area (Å²) >= 11 is 0. The van der Waals surface area contributed by atoms with Crippen molar-refractivity contribution in [3.05, 3.63) is 29.3 Å². The maximum Gasteiger partial charge on any atom is 0.253 e. The van der Waals surface area contributed by atoms with Gasteiger partial charge in [-0.05, 0) is 30.7 Å². The molecule has 1 unspecified atom stereocenters. The molecule has 1 aromatic rings. The molecule has 3 nitrogen and oxygen atoms in total. The minimum absolute atomic E-state index is 0.0105. The number of amides is 1. The Morgan fingerprint density at radius 3 is 2.58 bits per heavy atom. The molecule has 1 amide bonds. The van der Waals surface area contributed by atoms with Crippen molar-refractivity contribution in [1.82, 2.24) is 5.32 Å². The lowest BCUT2D eigenvalue weighted by atomic mass is 9.92. The molecule has 1 saturated carbocycles. The SMILES string of the molecule is CC1(C)CCC(NC(=O)c2cc(F)c(F)cc2N)C1. The Hall–Kier alpha value is -1.65. The Morgan fingerprint density at radius 2 is 2.00 bits per heavy atom. The summed E-state index contributed by atoms with van der Waals surface area (Å²) in [6.45, 7) is 4.29. The van der Waals surface area contributed by atoms with Gasteiger partial charge in [0, 0.05) is 17.8 Å². The standard InChI is InChI=1S/C14H18F2N2O/c1-14(2)4-3-8(7-14)18-13(19)9-5-10(15)11(16)6-12(9)17/h5-6,8H,3-4,7,17H2,1-2H3,(H,18,19). The number of rotatable bonds is 2. The van der Waals surface area contributed by atoms with E-state index in [1.807, 2.05) is 0 Å². The van der Waals surface area contributed by atoms with Crippen LogP contribution in [0, 0.1) is 17.0 Å². The van der Waals surface area contributed by atoms with Crippen LogP contribution in [0.2, 0.25) is 0 Å². The molecule has 104 valence electrons. The average Bonchev–Trinajstić information content (AvgIpc) is 2.63. The van der Waals surface area contributed by atoms with Gasteiger partial charge < -0.3 is 11.1 Å². The first-order chi connectivity index (χ1) is 8.78. The number of anilines is 1. The molecule has 1 atom stereocenters. The smallest absolute Gasteiger partial charge is 0.253 e. The van der Waals surface area contributed by atoms with Crippen molar-refractivity contribution >= 4 is 11.6 Å². The molecule has 0 saturated heterocycles. The Balaban J connectivity index is 2.11. The molecule has 2 rings (SSSR count). The molecule has 0 bridgehead atoms. The van der Waals surface area contributed by atoms with E-state index in [9.17, 15) is 13.6 Å². The molecule has 0 radical (unpaired) electrons. The Kier molecular flexibility index (Phi) is 3.47. The summed E-state index contributed by atoms with van der Waals surface area (Å²) in [5.74, 6) is -2.55. The predicted molar refractivity (Wildman–Crippen MR) is 69.7 cm³/mol. The molecular weight excluding hydrogens is 250 g/mol. The largest absolute Gasteiger partial charge is 0.398 e. The quantitative estimate of drug-likeness (QED) is 0.810. The number of nitrogens with two attached hydrogens (primary N) is 1. The molecule has 19 heavy (non-hydrogen) atoms. The average molecular weight is 268 g/mol. The Morgan fingerprint density at radius 1 is 1.37 bits per heavy atom. The summed E-state index contributed by atoms with van der Waals surface area (Å²) in [5.41, 5.74) is 5.70. The molecule has 1 aliphatic rings. The van der Waals surface area contributed by atoms with E-state index in [1.54, 1.807) is 0 Å². The normalized spacial score (nSPS) is 21.4. The predicted octanol–water partition coefficient (Wildman–Crippen LogP) is 2.86. The summed E-state index contributed by atoms with van der Waals surface area (Å²) in [4.78, 5) is 12.0. The second-order valence-corrected chi connectivity index (χ2v) is 5.93. The van der Waals surface area contributed by atoms with Crippen molar-refractivity contribution in [3.8, 4) is 0 Å². The number of benzene rings is 1. The highest BCUT2D eigenvalue weighted by molar-refractivity contribution is 5.99. The van der Waals surface area contributed by atoms with Gasteiger partial charge in [0.05, 0.1) is 5.56 Å². The van der Waals surface area contributed by atoms with Gasteiger partial charge in [-0.1, -0.05) is 13.8 Å². The molecule has 0 aromatic heterocycles. The Labute approximate surface area is 111 Å². The number of nitrogens with one attached hydrogen (secondary N) is 1. The maximum atomic E-state index is 13.1. The van der Waals surface area contributed by atoms with E-state index in [4.69, 9.17) is 5.73 Å². The number of carbonyl (C=O) groups excluding carboxylic acids is 1. The van der Waals surface area contributed by atoms with Crippen LogP contribution < -0.4 is 11.1 Å². The van der Waals surface area contributed by atoms with Gasteiger partial charge >= 0.3 is 0 Å². The minimum atomic E-state index is -1.06. The fourth-order valence-corrected chi connectivity index (χ4v) is 2.58. The lowest BCUT2D eigenvalue weighted by Gasteiger charge is -2.18. The number of nitrogen functional groups attached to an aromatic ring is 1.